The molecule has 4 nitrogen and oxygen atoms in total. The van der Waals surface area contributed by atoms with Gasteiger partial charge in [-0.25, -0.2) is 4.39 Å². The number of benzene rings is 2. The van der Waals surface area contributed by atoms with E-state index in [1.54, 1.807) is 11.0 Å². The van der Waals surface area contributed by atoms with Gasteiger partial charge in [0.2, 0.25) is 11.8 Å². The van der Waals surface area contributed by atoms with Crippen molar-refractivity contribution >= 4 is 23.2 Å². The van der Waals surface area contributed by atoms with E-state index in [0.717, 1.165) is 23.2 Å². The lowest BCUT2D eigenvalue weighted by Gasteiger charge is -2.25. The van der Waals surface area contributed by atoms with Crippen molar-refractivity contribution in [2.24, 2.45) is 0 Å². The Kier molecular flexibility index (Phi) is 6.28. The van der Waals surface area contributed by atoms with Gasteiger partial charge in [-0.05, 0) is 42.7 Å². The summed E-state index contributed by atoms with van der Waals surface area (Å²) < 4.78 is 13.2. The third kappa shape index (κ3) is 4.89. The molecular formula is C20H23FN2O2. The molecule has 2 aromatic carbocycles. The average molecular weight is 342 g/mol. The molecule has 0 fully saturated rings. The van der Waals surface area contributed by atoms with E-state index in [4.69, 9.17) is 0 Å². The molecule has 0 spiro atoms. The number of anilines is 2. The van der Waals surface area contributed by atoms with Gasteiger partial charge >= 0.3 is 0 Å². The molecule has 0 bridgehead atoms. The zero-order chi connectivity index (χ0) is 18.4. The Balaban J connectivity index is 2.10. The van der Waals surface area contributed by atoms with Gasteiger partial charge < -0.3 is 10.2 Å². The fourth-order valence-electron chi connectivity index (χ4n) is 2.82. The van der Waals surface area contributed by atoms with Crippen LogP contribution in [-0.4, -0.2) is 18.4 Å². The number of halogens is 1. The first kappa shape index (κ1) is 18.6. The summed E-state index contributed by atoms with van der Waals surface area (Å²) in [6.45, 7) is 5.76. The molecule has 0 atom stereocenters. The maximum Gasteiger partial charge on any atom is 0.226 e. The normalized spacial score (nSPS) is 10.4. The Morgan fingerprint density at radius 1 is 1.16 bits per heavy atom. The molecule has 2 amide bonds. The van der Waals surface area contributed by atoms with Crippen LogP contribution in [0.15, 0.2) is 42.5 Å². The van der Waals surface area contributed by atoms with Crippen molar-refractivity contribution in [3.63, 3.8) is 0 Å². The molecule has 2 aromatic rings. The van der Waals surface area contributed by atoms with Crippen LogP contribution in [0.25, 0.3) is 0 Å². The number of carbonyl (C=O) groups excluding carboxylic acids is 2. The van der Waals surface area contributed by atoms with Gasteiger partial charge in [0.15, 0.2) is 0 Å². The van der Waals surface area contributed by atoms with Crippen LogP contribution in [0.1, 0.15) is 31.4 Å². The molecule has 0 aliphatic carbocycles. The van der Waals surface area contributed by atoms with Crippen LogP contribution in [-0.2, 0) is 16.0 Å². The predicted octanol–water partition coefficient (Wildman–Crippen LogP) is 4.08. The molecule has 25 heavy (non-hydrogen) atoms. The van der Waals surface area contributed by atoms with Gasteiger partial charge in [0.25, 0.3) is 0 Å². The SMILES string of the molecule is CCc1cccc(C)c1N(CCC(=O)Nc1cccc(F)c1)C(C)=O. The van der Waals surface area contributed by atoms with Gasteiger partial charge in [-0.3, -0.25) is 9.59 Å². The molecule has 0 saturated carbocycles. The number of rotatable bonds is 6. The van der Waals surface area contributed by atoms with E-state index < -0.39 is 5.82 Å². The second-order valence-corrected chi connectivity index (χ2v) is 5.92. The van der Waals surface area contributed by atoms with Crippen LogP contribution in [0.2, 0.25) is 0 Å². The third-order valence-electron chi connectivity index (χ3n) is 4.02. The minimum atomic E-state index is -0.407. The number of para-hydroxylation sites is 1. The number of nitrogens with one attached hydrogen (secondary N) is 1. The molecule has 132 valence electrons. The monoisotopic (exact) mass is 342 g/mol. The summed E-state index contributed by atoms with van der Waals surface area (Å²) in [4.78, 5) is 25.9. The van der Waals surface area contributed by atoms with Crippen LogP contribution < -0.4 is 10.2 Å². The third-order valence-corrected chi connectivity index (χ3v) is 4.02. The second kappa shape index (κ2) is 8.42. The maximum atomic E-state index is 13.2. The smallest absolute Gasteiger partial charge is 0.226 e. The summed E-state index contributed by atoms with van der Waals surface area (Å²) in [7, 11) is 0. The first-order valence-corrected chi connectivity index (χ1v) is 8.34. The van der Waals surface area contributed by atoms with E-state index in [9.17, 15) is 14.0 Å². The predicted molar refractivity (Wildman–Crippen MR) is 98.2 cm³/mol. The molecule has 0 aliphatic rings. The Morgan fingerprint density at radius 2 is 1.88 bits per heavy atom. The molecule has 0 aromatic heterocycles. The number of aryl methyl sites for hydroxylation is 2. The fraction of sp³-hybridized carbons (Fsp3) is 0.300. The quantitative estimate of drug-likeness (QED) is 0.860. The van der Waals surface area contributed by atoms with E-state index in [2.05, 4.69) is 5.32 Å². The summed E-state index contributed by atoms with van der Waals surface area (Å²) in [5.41, 5.74) is 3.35. The van der Waals surface area contributed by atoms with Crippen LogP contribution in [0.5, 0.6) is 0 Å². The largest absolute Gasteiger partial charge is 0.326 e. The molecule has 0 radical (unpaired) electrons. The Bertz CT molecular complexity index is 774. The highest BCUT2D eigenvalue weighted by Gasteiger charge is 2.18. The summed E-state index contributed by atoms with van der Waals surface area (Å²) in [5.74, 6) is -0.776. The molecule has 2 rings (SSSR count). The average Bonchev–Trinajstić information content (AvgIpc) is 2.55. The maximum absolute atomic E-state index is 13.2. The van der Waals surface area contributed by atoms with E-state index >= 15 is 0 Å². The Labute approximate surface area is 147 Å². The van der Waals surface area contributed by atoms with Crippen LogP contribution in [0.4, 0.5) is 15.8 Å². The molecule has 0 aliphatic heterocycles. The van der Waals surface area contributed by atoms with Crippen LogP contribution in [0.3, 0.4) is 0 Å². The minimum Gasteiger partial charge on any atom is -0.326 e. The summed E-state index contributed by atoms with van der Waals surface area (Å²) >= 11 is 0. The number of hydrogen-bond donors (Lipinski definition) is 1. The standard InChI is InChI=1S/C20H23FN2O2/c1-4-16-8-5-7-14(2)20(16)23(15(3)24)12-11-19(25)22-18-10-6-9-17(21)13-18/h5-10,13H,4,11-12H2,1-3H3,(H,22,25). The Hall–Kier alpha value is -2.69. The van der Waals surface area contributed by atoms with Crippen molar-refractivity contribution in [2.45, 2.75) is 33.6 Å². The zero-order valence-electron chi connectivity index (χ0n) is 14.8. The molecule has 5 heteroatoms. The van der Waals surface area contributed by atoms with E-state index in [-0.39, 0.29) is 24.8 Å². The first-order chi connectivity index (χ1) is 11.9. The first-order valence-electron chi connectivity index (χ1n) is 8.34. The topological polar surface area (TPSA) is 49.4 Å². The van der Waals surface area contributed by atoms with Gasteiger partial charge in [0.05, 0.1) is 0 Å². The number of carbonyl (C=O) groups is 2. The van der Waals surface area contributed by atoms with Crippen molar-refractivity contribution in [3.05, 3.63) is 59.4 Å². The van der Waals surface area contributed by atoms with Crippen molar-refractivity contribution in [3.8, 4) is 0 Å². The molecule has 1 N–H and O–H groups in total. The van der Waals surface area contributed by atoms with Crippen molar-refractivity contribution in [1.29, 1.82) is 0 Å². The molecule has 0 heterocycles. The lowest BCUT2D eigenvalue weighted by Crippen LogP contribution is -2.33. The highest BCUT2D eigenvalue weighted by atomic mass is 19.1. The summed E-state index contributed by atoms with van der Waals surface area (Å²) in [6, 6.07) is 11.7. The zero-order valence-corrected chi connectivity index (χ0v) is 14.8. The number of hydrogen-bond acceptors (Lipinski definition) is 2. The van der Waals surface area contributed by atoms with Gasteiger partial charge in [-0.2, -0.15) is 0 Å². The highest BCUT2D eigenvalue weighted by molar-refractivity contribution is 5.95. The number of nitrogens with zero attached hydrogens (tertiary/aromatic N) is 1. The highest BCUT2D eigenvalue weighted by Crippen LogP contribution is 2.26. The number of amides is 2. The van der Waals surface area contributed by atoms with Gasteiger partial charge in [0, 0.05) is 31.3 Å². The molecular weight excluding hydrogens is 319 g/mol. The van der Waals surface area contributed by atoms with Gasteiger partial charge in [0.1, 0.15) is 5.82 Å². The van der Waals surface area contributed by atoms with Gasteiger partial charge in [-0.15, -0.1) is 0 Å². The van der Waals surface area contributed by atoms with Crippen molar-refractivity contribution in [2.75, 3.05) is 16.8 Å². The lowest BCUT2D eigenvalue weighted by atomic mass is 10.0. The van der Waals surface area contributed by atoms with Crippen molar-refractivity contribution < 1.29 is 14.0 Å². The van der Waals surface area contributed by atoms with Crippen molar-refractivity contribution in [1.82, 2.24) is 0 Å². The lowest BCUT2D eigenvalue weighted by molar-refractivity contribution is -0.117. The fourth-order valence-corrected chi connectivity index (χ4v) is 2.82. The summed E-state index contributed by atoms with van der Waals surface area (Å²) in [6.07, 6.45) is 0.934. The van der Waals surface area contributed by atoms with E-state index in [1.165, 1.54) is 25.1 Å². The second-order valence-electron chi connectivity index (χ2n) is 5.92. The molecule has 0 unspecified atom stereocenters. The Morgan fingerprint density at radius 3 is 2.52 bits per heavy atom. The van der Waals surface area contributed by atoms with E-state index in [1.807, 2.05) is 32.0 Å². The van der Waals surface area contributed by atoms with E-state index in [0.29, 0.717) is 5.69 Å². The summed E-state index contributed by atoms with van der Waals surface area (Å²) in [5, 5.41) is 2.65. The minimum absolute atomic E-state index is 0.109. The van der Waals surface area contributed by atoms with Crippen LogP contribution >= 0.6 is 0 Å². The van der Waals surface area contributed by atoms with Gasteiger partial charge in [-0.1, -0.05) is 31.2 Å². The van der Waals surface area contributed by atoms with Crippen LogP contribution in [0, 0.1) is 12.7 Å². The molecule has 0 saturated heterocycles.